The van der Waals surface area contributed by atoms with Crippen molar-refractivity contribution in [2.24, 2.45) is 0 Å². The van der Waals surface area contributed by atoms with Gasteiger partial charge in [-0.05, 0) is 18.1 Å². The van der Waals surface area contributed by atoms with E-state index >= 15 is 0 Å². The first-order chi connectivity index (χ1) is 15.6. The van der Waals surface area contributed by atoms with E-state index in [1.54, 1.807) is 6.07 Å². The fourth-order valence-corrected chi connectivity index (χ4v) is 4.45. The molecule has 0 bridgehead atoms. The molecular formula is C20H17F5N4O4. The number of aromatic nitrogens is 2. The Kier molecular flexibility index (Phi) is 4.92. The molecule has 13 heteroatoms. The van der Waals surface area contributed by atoms with Crippen LogP contribution in [-0.2, 0) is 22.3 Å². The van der Waals surface area contributed by atoms with Crippen LogP contribution in [0, 0.1) is 0 Å². The summed E-state index contributed by atoms with van der Waals surface area (Å²) >= 11 is 0. The summed E-state index contributed by atoms with van der Waals surface area (Å²) in [5.41, 5.74) is 0.985. The summed E-state index contributed by atoms with van der Waals surface area (Å²) in [5.74, 6) is -5.21. The minimum Gasteiger partial charge on any atom is -0.379 e. The molecule has 0 radical (unpaired) electrons. The maximum atomic E-state index is 13.7. The molecule has 1 aromatic heterocycles. The predicted octanol–water partition coefficient (Wildman–Crippen LogP) is 2.73. The Morgan fingerprint density at radius 3 is 2.67 bits per heavy atom. The monoisotopic (exact) mass is 472 g/mol. The zero-order valence-corrected chi connectivity index (χ0v) is 16.9. The summed E-state index contributed by atoms with van der Waals surface area (Å²) in [4.78, 5) is 30.7. The highest BCUT2D eigenvalue weighted by atomic mass is 19.4. The van der Waals surface area contributed by atoms with Crippen LogP contribution >= 0.6 is 0 Å². The first-order valence-corrected chi connectivity index (χ1v) is 10.1. The molecule has 1 aliphatic carbocycles. The Hall–Kier alpha value is -3.09. The smallest absolute Gasteiger partial charge is 0.379 e. The molecule has 2 fully saturated rings. The highest BCUT2D eigenvalue weighted by Gasteiger charge is 2.62. The van der Waals surface area contributed by atoms with E-state index in [4.69, 9.17) is 4.74 Å². The molecule has 1 saturated carbocycles. The van der Waals surface area contributed by atoms with Gasteiger partial charge in [-0.25, -0.2) is 8.78 Å². The van der Waals surface area contributed by atoms with Gasteiger partial charge in [0.2, 0.25) is 12.2 Å². The third kappa shape index (κ3) is 3.73. The number of hydrogen-bond acceptors (Lipinski definition) is 6. The van der Waals surface area contributed by atoms with Crippen molar-refractivity contribution in [2.75, 3.05) is 13.2 Å². The van der Waals surface area contributed by atoms with Crippen molar-refractivity contribution in [1.82, 2.24) is 19.9 Å². The van der Waals surface area contributed by atoms with Crippen molar-refractivity contribution >= 4 is 12.3 Å². The predicted molar refractivity (Wildman–Crippen MR) is 98.9 cm³/mol. The van der Waals surface area contributed by atoms with Crippen molar-refractivity contribution in [3.8, 4) is 11.4 Å². The Labute approximate surface area is 183 Å². The highest BCUT2D eigenvalue weighted by molar-refractivity contribution is 5.99. The minimum atomic E-state index is -4.80. The SMILES string of the molecule is O=CN([C@@H]1CCOC[C@@H]1N1Cc2ccc(-c3noc(C(F)(F)F)n3)cc2C1=O)[C@H]1CC1(F)F. The molecule has 3 heterocycles. The van der Waals surface area contributed by atoms with Gasteiger partial charge in [0.1, 0.15) is 6.04 Å². The second-order valence-electron chi connectivity index (χ2n) is 8.26. The van der Waals surface area contributed by atoms with Crippen LogP contribution in [0.4, 0.5) is 22.0 Å². The van der Waals surface area contributed by atoms with Gasteiger partial charge in [-0.15, -0.1) is 0 Å². The molecule has 0 N–H and O–H groups in total. The normalized spacial score (nSPS) is 26.3. The highest BCUT2D eigenvalue weighted by Crippen LogP contribution is 2.47. The fourth-order valence-electron chi connectivity index (χ4n) is 4.45. The van der Waals surface area contributed by atoms with Crippen LogP contribution in [0.5, 0.6) is 0 Å². The standard InChI is InChI=1S/C20H17F5N4O4/c21-19(22)6-15(19)29(9-30)13-3-4-32-8-14(13)28-7-11-2-1-10(5-12(11)17(28)31)16-26-18(33-27-16)20(23,24)25/h1-2,5,9,13-15H,3-4,6-8H2/t13-,14+,15+/m1/s1. The molecule has 5 rings (SSSR count). The van der Waals surface area contributed by atoms with E-state index in [-0.39, 0.29) is 36.7 Å². The van der Waals surface area contributed by atoms with Crippen LogP contribution in [0.1, 0.15) is 34.7 Å². The van der Waals surface area contributed by atoms with E-state index in [9.17, 15) is 31.5 Å². The lowest BCUT2D eigenvalue weighted by Gasteiger charge is -2.42. The van der Waals surface area contributed by atoms with Crippen LogP contribution < -0.4 is 0 Å². The number of alkyl halides is 5. The van der Waals surface area contributed by atoms with E-state index in [0.717, 1.165) is 4.90 Å². The maximum Gasteiger partial charge on any atom is 0.471 e. The summed E-state index contributed by atoms with van der Waals surface area (Å²) in [5, 5.41) is 3.33. The largest absolute Gasteiger partial charge is 0.471 e. The van der Waals surface area contributed by atoms with Crippen LogP contribution in [0.25, 0.3) is 11.4 Å². The average Bonchev–Trinajstić information content (AvgIpc) is 3.13. The first-order valence-electron chi connectivity index (χ1n) is 10.1. The van der Waals surface area contributed by atoms with E-state index in [1.807, 2.05) is 0 Å². The van der Waals surface area contributed by atoms with E-state index in [2.05, 4.69) is 14.7 Å². The molecule has 1 saturated heterocycles. The summed E-state index contributed by atoms with van der Waals surface area (Å²) in [6.45, 7) is 0.481. The summed E-state index contributed by atoms with van der Waals surface area (Å²) in [6.07, 6.45) is -4.52. The zero-order chi connectivity index (χ0) is 23.5. The lowest BCUT2D eigenvalue weighted by molar-refractivity contribution is -0.159. The van der Waals surface area contributed by atoms with Gasteiger partial charge < -0.3 is 19.1 Å². The number of carbonyl (C=O) groups is 2. The number of benzene rings is 1. The summed E-state index contributed by atoms with van der Waals surface area (Å²) in [6, 6.07) is 1.92. The molecule has 3 atom stereocenters. The zero-order valence-electron chi connectivity index (χ0n) is 16.9. The topological polar surface area (TPSA) is 88.8 Å². The van der Waals surface area contributed by atoms with Crippen molar-refractivity contribution in [3.05, 3.63) is 35.2 Å². The molecule has 8 nitrogen and oxygen atoms in total. The molecule has 0 spiro atoms. The third-order valence-corrected chi connectivity index (χ3v) is 6.22. The van der Waals surface area contributed by atoms with Crippen molar-refractivity contribution in [3.63, 3.8) is 0 Å². The van der Waals surface area contributed by atoms with Gasteiger partial charge in [-0.2, -0.15) is 18.2 Å². The Bertz CT molecular complexity index is 1100. The Morgan fingerprint density at radius 1 is 1.27 bits per heavy atom. The fraction of sp³-hybridized carbons (Fsp3) is 0.500. The van der Waals surface area contributed by atoms with Crippen LogP contribution in [0.3, 0.4) is 0 Å². The second-order valence-corrected chi connectivity index (χ2v) is 8.26. The second kappa shape index (κ2) is 7.47. The number of fused-ring (bicyclic) bond motifs is 1. The average molecular weight is 472 g/mol. The number of carbonyl (C=O) groups excluding carboxylic acids is 2. The lowest BCUT2D eigenvalue weighted by atomic mass is 10.00. The van der Waals surface area contributed by atoms with Gasteiger partial charge in [-0.3, -0.25) is 9.59 Å². The van der Waals surface area contributed by atoms with Crippen LogP contribution in [0.2, 0.25) is 0 Å². The van der Waals surface area contributed by atoms with Gasteiger partial charge in [-0.1, -0.05) is 17.3 Å². The third-order valence-electron chi connectivity index (χ3n) is 6.22. The Morgan fingerprint density at radius 2 is 2.03 bits per heavy atom. The Balaban J connectivity index is 1.40. The van der Waals surface area contributed by atoms with Gasteiger partial charge in [0.15, 0.2) is 0 Å². The summed E-state index contributed by atoms with van der Waals surface area (Å²) in [7, 11) is 0. The number of nitrogens with zero attached hydrogens (tertiary/aromatic N) is 4. The lowest BCUT2D eigenvalue weighted by Crippen LogP contribution is -2.57. The van der Waals surface area contributed by atoms with Crippen molar-refractivity contribution in [2.45, 2.75) is 49.6 Å². The number of ether oxygens (including phenoxy) is 1. The minimum absolute atomic E-state index is 0.0691. The molecule has 2 aliphatic heterocycles. The number of amides is 2. The molecule has 2 aromatic rings. The first kappa shape index (κ1) is 21.7. The van der Waals surface area contributed by atoms with E-state index in [0.29, 0.717) is 18.4 Å². The quantitative estimate of drug-likeness (QED) is 0.491. The van der Waals surface area contributed by atoms with Crippen molar-refractivity contribution in [1.29, 1.82) is 0 Å². The van der Waals surface area contributed by atoms with Gasteiger partial charge in [0, 0.05) is 30.7 Å². The van der Waals surface area contributed by atoms with Gasteiger partial charge in [0.25, 0.3) is 11.8 Å². The van der Waals surface area contributed by atoms with E-state index < -0.39 is 48.4 Å². The van der Waals surface area contributed by atoms with Gasteiger partial charge in [0.05, 0.1) is 18.7 Å². The molecule has 2 amide bonds. The molecule has 176 valence electrons. The number of rotatable bonds is 5. The molecule has 33 heavy (non-hydrogen) atoms. The van der Waals surface area contributed by atoms with Crippen LogP contribution in [-0.4, -0.2) is 69.5 Å². The van der Waals surface area contributed by atoms with E-state index in [1.165, 1.54) is 17.0 Å². The molecule has 1 aromatic carbocycles. The molecule has 3 aliphatic rings. The molecule has 0 unspecified atom stereocenters. The maximum absolute atomic E-state index is 13.7. The number of halogens is 5. The summed E-state index contributed by atoms with van der Waals surface area (Å²) < 4.78 is 75.3. The number of hydrogen-bond donors (Lipinski definition) is 0. The molecular weight excluding hydrogens is 455 g/mol. The van der Waals surface area contributed by atoms with Crippen LogP contribution in [0.15, 0.2) is 22.7 Å². The van der Waals surface area contributed by atoms with Gasteiger partial charge >= 0.3 is 12.1 Å². The van der Waals surface area contributed by atoms with Crippen molar-refractivity contribution < 1.29 is 40.8 Å².